The van der Waals surface area contributed by atoms with Crippen LogP contribution in [0.2, 0.25) is 0 Å². The summed E-state index contributed by atoms with van der Waals surface area (Å²) in [6, 6.07) is 11.1. The van der Waals surface area contributed by atoms with Crippen LogP contribution < -0.4 is 5.32 Å². The molecule has 1 N–H and O–H groups in total. The molecule has 0 bridgehead atoms. The molecule has 29 heavy (non-hydrogen) atoms. The number of Topliss-reactive ketones (excluding diaryl/α,β-unsaturated/α-hetero) is 1. The Morgan fingerprint density at radius 1 is 1.14 bits per heavy atom. The zero-order valence-corrected chi connectivity index (χ0v) is 17.1. The molecule has 2 aromatic carbocycles. The minimum atomic E-state index is -3.24. The first kappa shape index (κ1) is 21.0. The van der Waals surface area contributed by atoms with Gasteiger partial charge in [0.05, 0.1) is 15.9 Å². The van der Waals surface area contributed by atoms with Gasteiger partial charge in [-0.15, -0.1) is 0 Å². The molecular formula is C21H24N2O5S. The lowest BCUT2D eigenvalue weighted by Crippen LogP contribution is -2.25. The smallest absolute Gasteiger partial charge is 0.293 e. The standard InChI is InChI=1S/C21H24N2O5S/c1-15(24)17-10-11-20(21(13-17)23(25)26)22-18-7-5-6-16(12-18)14-29(27,28)19-8-3-2-4-9-19/h5-7,10-13,19,22H,2-4,8-9,14H2,1H3. The van der Waals surface area contributed by atoms with Gasteiger partial charge in [-0.05, 0) is 49.6 Å². The van der Waals surface area contributed by atoms with Gasteiger partial charge in [0.25, 0.3) is 5.69 Å². The second kappa shape index (κ2) is 8.73. The summed E-state index contributed by atoms with van der Waals surface area (Å²) in [5.41, 5.74) is 1.49. The fourth-order valence-electron chi connectivity index (χ4n) is 3.68. The third-order valence-corrected chi connectivity index (χ3v) is 7.46. The SMILES string of the molecule is CC(=O)c1ccc(Nc2cccc(CS(=O)(=O)C3CCCCC3)c2)c([N+](=O)[O-])c1. The molecule has 0 aliphatic heterocycles. The first-order chi connectivity index (χ1) is 13.8. The second-order valence-electron chi connectivity index (χ2n) is 7.44. The van der Waals surface area contributed by atoms with Gasteiger partial charge in [0.15, 0.2) is 15.6 Å². The number of rotatable bonds is 7. The van der Waals surface area contributed by atoms with Gasteiger partial charge in [0.2, 0.25) is 0 Å². The number of sulfone groups is 1. The van der Waals surface area contributed by atoms with E-state index in [4.69, 9.17) is 0 Å². The number of hydrogen-bond acceptors (Lipinski definition) is 6. The van der Waals surface area contributed by atoms with Crippen LogP contribution in [0.5, 0.6) is 0 Å². The van der Waals surface area contributed by atoms with Crippen molar-refractivity contribution in [3.8, 4) is 0 Å². The number of ketones is 1. The highest BCUT2D eigenvalue weighted by atomic mass is 32.2. The number of nitro groups is 1. The summed E-state index contributed by atoms with van der Waals surface area (Å²) in [4.78, 5) is 22.3. The molecule has 0 atom stereocenters. The van der Waals surface area contributed by atoms with Gasteiger partial charge in [-0.25, -0.2) is 8.42 Å². The number of nitro benzene ring substituents is 1. The van der Waals surface area contributed by atoms with Crippen LogP contribution >= 0.6 is 0 Å². The summed E-state index contributed by atoms with van der Waals surface area (Å²) in [6.45, 7) is 1.35. The maximum absolute atomic E-state index is 12.7. The fourth-order valence-corrected chi connectivity index (χ4v) is 5.61. The predicted molar refractivity (Wildman–Crippen MR) is 112 cm³/mol. The zero-order chi connectivity index (χ0) is 21.0. The van der Waals surface area contributed by atoms with Crippen LogP contribution in [0, 0.1) is 10.1 Å². The summed E-state index contributed by atoms with van der Waals surface area (Å²) in [7, 11) is -3.24. The zero-order valence-electron chi connectivity index (χ0n) is 16.3. The molecule has 0 amide bonds. The van der Waals surface area contributed by atoms with Crippen molar-refractivity contribution >= 4 is 32.7 Å². The van der Waals surface area contributed by atoms with E-state index in [0.717, 1.165) is 32.1 Å². The predicted octanol–water partition coefficient (Wildman–Crippen LogP) is 4.79. The average molecular weight is 416 g/mol. The molecule has 0 unspecified atom stereocenters. The van der Waals surface area contributed by atoms with E-state index in [1.165, 1.54) is 25.1 Å². The lowest BCUT2D eigenvalue weighted by Gasteiger charge is -2.21. The van der Waals surface area contributed by atoms with E-state index in [1.54, 1.807) is 24.3 Å². The minimum Gasteiger partial charge on any atom is -0.350 e. The molecule has 0 radical (unpaired) electrons. The Morgan fingerprint density at radius 2 is 1.86 bits per heavy atom. The Morgan fingerprint density at radius 3 is 2.52 bits per heavy atom. The Bertz CT molecular complexity index is 1030. The molecule has 0 aromatic heterocycles. The van der Waals surface area contributed by atoms with Crippen LogP contribution in [-0.2, 0) is 15.6 Å². The first-order valence-electron chi connectivity index (χ1n) is 9.63. The average Bonchev–Trinajstić information content (AvgIpc) is 2.68. The van der Waals surface area contributed by atoms with Gasteiger partial charge < -0.3 is 5.32 Å². The van der Waals surface area contributed by atoms with Gasteiger partial charge in [-0.2, -0.15) is 0 Å². The van der Waals surface area contributed by atoms with Crippen molar-refractivity contribution in [2.75, 3.05) is 5.32 Å². The van der Waals surface area contributed by atoms with Crippen molar-refractivity contribution in [3.63, 3.8) is 0 Å². The molecular weight excluding hydrogens is 392 g/mol. The summed E-state index contributed by atoms with van der Waals surface area (Å²) in [5, 5.41) is 14.1. The van der Waals surface area contributed by atoms with Crippen molar-refractivity contribution in [2.45, 2.75) is 50.0 Å². The van der Waals surface area contributed by atoms with E-state index in [9.17, 15) is 23.3 Å². The summed E-state index contributed by atoms with van der Waals surface area (Å²) in [6.07, 6.45) is 4.42. The van der Waals surface area contributed by atoms with E-state index in [2.05, 4.69) is 5.32 Å². The van der Waals surface area contributed by atoms with Crippen LogP contribution in [-0.4, -0.2) is 24.4 Å². The molecule has 1 aliphatic rings. The first-order valence-corrected chi connectivity index (χ1v) is 11.3. The monoisotopic (exact) mass is 416 g/mol. The van der Waals surface area contributed by atoms with Crippen molar-refractivity contribution in [2.24, 2.45) is 0 Å². The number of carbonyl (C=O) groups is 1. The van der Waals surface area contributed by atoms with Crippen LogP contribution in [0.25, 0.3) is 0 Å². The summed E-state index contributed by atoms with van der Waals surface area (Å²) in [5.74, 6) is -0.298. The number of anilines is 2. The molecule has 0 spiro atoms. The van der Waals surface area contributed by atoms with Crippen molar-refractivity contribution in [1.29, 1.82) is 0 Å². The van der Waals surface area contributed by atoms with Gasteiger partial charge in [0, 0.05) is 17.3 Å². The van der Waals surface area contributed by atoms with E-state index in [-0.39, 0.29) is 33.7 Å². The van der Waals surface area contributed by atoms with Crippen LogP contribution in [0.4, 0.5) is 17.1 Å². The highest BCUT2D eigenvalue weighted by Gasteiger charge is 2.27. The van der Waals surface area contributed by atoms with Crippen LogP contribution in [0.15, 0.2) is 42.5 Å². The van der Waals surface area contributed by atoms with Gasteiger partial charge in [-0.3, -0.25) is 14.9 Å². The maximum Gasteiger partial charge on any atom is 0.293 e. The van der Waals surface area contributed by atoms with Gasteiger partial charge in [-0.1, -0.05) is 31.4 Å². The Kier molecular flexibility index (Phi) is 6.32. The van der Waals surface area contributed by atoms with E-state index >= 15 is 0 Å². The number of carbonyl (C=O) groups excluding carboxylic acids is 1. The van der Waals surface area contributed by atoms with Gasteiger partial charge >= 0.3 is 0 Å². The van der Waals surface area contributed by atoms with E-state index in [1.807, 2.05) is 0 Å². The molecule has 7 nitrogen and oxygen atoms in total. The lowest BCUT2D eigenvalue weighted by atomic mass is 10.0. The molecule has 1 saturated carbocycles. The summed E-state index contributed by atoms with van der Waals surface area (Å²) >= 11 is 0. The molecule has 0 heterocycles. The molecule has 1 fully saturated rings. The summed E-state index contributed by atoms with van der Waals surface area (Å²) < 4.78 is 25.5. The van der Waals surface area contributed by atoms with Crippen molar-refractivity contribution in [3.05, 3.63) is 63.7 Å². The van der Waals surface area contributed by atoms with Crippen molar-refractivity contribution in [1.82, 2.24) is 0 Å². The number of nitrogens with one attached hydrogen (secondary N) is 1. The molecule has 154 valence electrons. The lowest BCUT2D eigenvalue weighted by molar-refractivity contribution is -0.383. The quantitative estimate of drug-likeness (QED) is 0.395. The fraction of sp³-hybridized carbons (Fsp3) is 0.381. The van der Waals surface area contributed by atoms with E-state index in [0.29, 0.717) is 11.3 Å². The number of benzene rings is 2. The Hall–Kier alpha value is -2.74. The molecule has 8 heteroatoms. The minimum absolute atomic E-state index is 0.0431. The van der Waals surface area contributed by atoms with Crippen LogP contribution in [0.3, 0.4) is 0 Å². The maximum atomic E-state index is 12.7. The second-order valence-corrected chi connectivity index (χ2v) is 9.72. The normalized spacial score (nSPS) is 15.1. The molecule has 1 aliphatic carbocycles. The number of hydrogen-bond donors (Lipinski definition) is 1. The van der Waals surface area contributed by atoms with E-state index < -0.39 is 14.8 Å². The van der Waals surface area contributed by atoms with Gasteiger partial charge in [0.1, 0.15) is 5.69 Å². The third-order valence-electron chi connectivity index (χ3n) is 5.23. The molecule has 2 aromatic rings. The molecule has 3 rings (SSSR count). The molecule has 0 saturated heterocycles. The topological polar surface area (TPSA) is 106 Å². The largest absolute Gasteiger partial charge is 0.350 e. The third kappa shape index (κ3) is 5.20. The highest BCUT2D eigenvalue weighted by molar-refractivity contribution is 7.91. The highest BCUT2D eigenvalue weighted by Crippen LogP contribution is 2.30. The number of nitrogens with zero attached hydrogens (tertiary/aromatic N) is 1. The Balaban J connectivity index is 1.81. The Labute approximate surface area is 170 Å². The van der Waals surface area contributed by atoms with Crippen molar-refractivity contribution < 1.29 is 18.1 Å². The van der Waals surface area contributed by atoms with Crippen LogP contribution in [0.1, 0.15) is 54.9 Å².